The fourth-order valence-electron chi connectivity index (χ4n) is 1.11. The highest BCUT2D eigenvalue weighted by molar-refractivity contribution is 5.28. The van der Waals surface area contributed by atoms with Crippen molar-refractivity contribution in [2.45, 2.75) is 26.0 Å². The average molecular weight is 190 g/mol. The lowest BCUT2D eigenvalue weighted by Gasteiger charge is -2.10. The molecule has 74 valence electrons. The maximum absolute atomic E-state index is 8.71. The summed E-state index contributed by atoms with van der Waals surface area (Å²) in [6.07, 6.45) is 0.312. The normalized spacial score (nSPS) is 11.8. The van der Waals surface area contributed by atoms with E-state index < -0.39 is 0 Å². The number of nitriles is 1. The number of rotatable bonds is 4. The molecule has 2 N–H and O–H groups in total. The molecule has 1 aromatic rings. The van der Waals surface area contributed by atoms with Crippen LogP contribution in [0.15, 0.2) is 24.3 Å². The quantitative estimate of drug-likeness (QED) is 0.787. The minimum absolute atomic E-state index is 0.372. The van der Waals surface area contributed by atoms with Crippen molar-refractivity contribution in [2.24, 2.45) is 5.73 Å². The van der Waals surface area contributed by atoms with E-state index in [9.17, 15) is 0 Å². The zero-order chi connectivity index (χ0) is 10.4. The first-order chi connectivity index (χ1) is 6.80. The molecular formula is C11H14N2O. The molecule has 0 heterocycles. The van der Waals surface area contributed by atoms with E-state index in [4.69, 9.17) is 15.7 Å². The van der Waals surface area contributed by atoms with E-state index in [0.717, 1.165) is 5.56 Å². The third kappa shape index (κ3) is 2.75. The fraction of sp³-hybridized carbons (Fsp3) is 0.364. The molecule has 0 radical (unpaired) electrons. The fourth-order valence-corrected chi connectivity index (χ4v) is 1.11. The van der Waals surface area contributed by atoms with Gasteiger partial charge in [-0.15, -0.1) is 0 Å². The van der Waals surface area contributed by atoms with Crippen LogP contribution in [0.1, 0.15) is 18.9 Å². The van der Waals surface area contributed by atoms with Gasteiger partial charge in [0.15, 0.2) is 6.10 Å². The Hall–Kier alpha value is -1.53. The molecule has 1 atom stereocenters. The van der Waals surface area contributed by atoms with Gasteiger partial charge in [-0.1, -0.05) is 19.1 Å². The number of hydrogen-bond donors (Lipinski definition) is 1. The summed E-state index contributed by atoms with van der Waals surface area (Å²) in [5.41, 5.74) is 6.50. The monoisotopic (exact) mass is 190 g/mol. The van der Waals surface area contributed by atoms with E-state index in [-0.39, 0.29) is 6.10 Å². The van der Waals surface area contributed by atoms with Crippen molar-refractivity contribution in [3.05, 3.63) is 29.8 Å². The highest BCUT2D eigenvalue weighted by Crippen LogP contribution is 2.15. The van der Waals surface area contributed by atoms with Crippen molar-refractivity contribution in [3.8, 4) is 11.8 Å². The van der Waals surface area contributed by atoms with E-state index in [1.54, 1.807) is 0 Å². The summed E-state index contributed by atoms with van der Waals surface area (Å²) in [7, 11) is 0. The Bertz CT molecular complexity index is 330. The molecule has 0 amide bonds. The van der Waals surface area contributed by atoms with Gasteiger partial charge in [0.1, 0.15) is 11.8 Å². The lowest BCUT2D eigenvalue weighted by molar-refractivity contribution is 0.251. The van der Waals surface area contributed by atoms with E-state index in [0.29, 0.717) is 18.7 Å². The first-order valence-electron chi connectivity index (χ1n) is 4.65. The van der Waals surface area contributed by atoms with Gasteiger partial charge in [0, 0.05) is 6.54 Å². The van der Waals surface area contributed by atoms with Gasteiger partial charge in [-0.2, -0.15) is 5.26 Å². The van der Waals surface area contributed by atoms with Crippen molar-refractivity contribution in [1.82, 2.24) is 0 Å². The van der Waals surface area contributed by atoms with Crippen LogP contribution in [0.5, 0.6) is 5.75 Å². The number of ether oxygens (including phenoxy) is 1. The van der Waals surface area contributed by atoms with Crippen LogP contribution >= 0.6 is 0 Å². The van der Waals surface area contributed by atoms with Crippen molar-refractivity contribution in [2.75, 3.05) is 0 Å². The van der Waals surface area contributed by atoms with E-state index in [1.807, 2.05) is 31.2 Å². The van der Waals surface area contributed by atoms with Crippen molar-refractivity contribution in [3.63, 3.8) is 0 Å². The van der Waals surface area contributed by atoms with Gasteiger partial charge in [0.25, 0.3) is 0 Å². The van der Waals surface area contributed by atoms with Crippen molar-refractivity contribution < 1.29 is 4.74 Å². The molecule has 0 saturated heterocycles. The van der Waals surface area contributed by atoms with Crippen LogP contribution in [-0.2, 0) is 6.54 Å². The Morgan fingerprint density at radius 1 is 1.57 bits per heavy atom. The summed E-state index contributed by atoms with van der Waals surface area (Å²) < 4.78 is 5.44. The van der Waals surface area contributed by atoms with Crippen LogP contribution < -0.4 is 10.5 Å². The first kappa shape index (κ1) is 10.6. The second-order valence-electron chi connectivity index (χ2n) is 3.00. The molecule has 0 aromatic heterocycles. The Morgan fingerprint density at radius 3 is 2.93 bits per heavy atom. The molecule has 0 aliphatic rings. The number of nitrogens with two attached hydrogens (primary N) is 1. The molecular weight excluding hydrogens is 176 g/mol. The van der Waals surface area contributed by atoms with E-state index >= 15 is 0 Å². The summed E-state index contributed by atoms with van der Waals surface area (Å²) in [5.74, 6) is 0.710. The van der Waals surface area contributed by atoms with Gasteiger partial charge in [-0.05, 0) is 24.1 Å². The molecule has 0 bridgehead atoms. The van der Waals surface area contributed by atoms with Crippen LogP contribution in [0.3, 0.4) is 0 Å². The largest absolute Gasteiger partial charge is 0.476 e. The molecule has 0 spiro atoms. The molecule has 0 unspecified atom stereocenters. The molecule has 14 heavy (non-hydrogen) atoms. The van der Waals surface area contributed by atoms with Crippen LogP contribution in [-0.4, -0.2) is 6.10 Å². The predicted octanol–water partition coefficient (Wildman–Crippen LogP) is 1.83. The first-order valence-corrected chi connectivity index (χ1v) is 4.65. The third-order valence-electron chi connectivity index (χ3n) is 1.93. The maximum atomic E-state index is 8.71. The van der Waals surface area contributed by atoms with Gasteiger partial charge in [-0.3, -0.25) is 0 Å². The van der Waals surface area contributed by atoms with Crippen LogP contribution in [0, 0.1) is 11.3 Å². The van der Waals surface area contributed by atoms with Crippen LogP contribution in [0.2, 0.25) is 0 Å². The highest BCUT2D eigenvalue weighted by Gasteiger charge is 2.05. The van der Waals surface area contributed by atoms with Gasteiger partial charge >= 0.3 is 0 Å². The minimum Gasteiger partial charge on any atom is -0.476 e. The third-order valence-corrected chi connectivity index (χ3v) is 1.93. The molecule has 0 aliphatic heterocycles. The van der Waals surface area contributed by atoms with Gasteiger partial charge in [-0.25, -0.2) is 0 Å². The zero-order valence-corrected chi connectivity index (χ0v) is 8.23. The lowest BCUT2D eigenvalue weighted by Crippen LogP contribution is -2.12. The summed E-state index contributed by atoms with van der Waals surface area (Å²) in [4.78, 5) is 0. The SMILES string of the molecule is CC[C@H](C#N)Oc1cccc(CN)c1. The minimum atomic E-state index is -0.372. The van der Waals surface area contributed by atoms with Gasteiger partial charge in [0.2, 0.25) is 0 Å². The molecule has 3 nitrogen and oxygen atoms in total. The topological polar surface area (TPSA) is 59.0 Å². The molecule has 3 heteroatoms. The van der Waals surface area contributed by atoms with Gasteiger partial charge in [0.05, 0.1) is 0 Å². The van der Waals surface area contributed by atoms with E-state index in [2.05, 4.69) is 6.07 Å². The Kier molecular flexibility index (Phi) is 3.96. The summed E-state index contributed by atoms with van der Waals surface area (Å²) in [6, 6.07) is 9.59. The second-order valence-corrected chi connectivity index (χ2v) is 3.00. The van der Waals surface area contributed by atoms with Crippen LogP contribution in [0.4, 0.5) is 0 Å². The van der Waals surface area contributed by atoms with Gasteiger partial charge < -0.3 is 10.5 Å². The Morgan fingerprint density at radius 2 is 2.36 bits per heavy atom. The predicted molar refractivity (Wildman–Crippen MR) is 54.7 cm³/mol. The second kappa shape index (κ2) is 5.25. The number of benzene rings is 1. The Labute approximate surface area is 84.1 Å². The molecule has 0 aliphatic carbocycles. The van der Waals surface area contributed by atoms with Crippen molar-refractivity contribution in [1.29, 1.82) is 5.26 Å². The smallest absolute Gasteiger partial charge is 0.184 e. The van der Waals surface area contributed by atoms with E-state index in [1.165, 1.54) is 0 Å². The highest BCUT2D eigenvalue weighted by atomic mass is 16.5. The summed E-state index contributed by atoms with van der Waals surface area (Å²) in [5, 5.41) is 8.71. The molecule has 1 aromatic carbocycles. The standard InChI is InChI=1S/C11H14N2O/c1-2-10(8-13)14-11-5-3-4-9(6-11)7-12/h3-6,10H,2,7,12H2,1H3/t10-/m1/s1. The summed E-state index contributed by atoms with van der Waals surface area (Å²) >= 11 is 0. The summed E-state index contributed by atoms with van der Waals surface area (Å²) in [6.45, 7) is 2.40. The van der Waals surface area contributed by atoms with Crippen LogP contribution in [0.25, 0.3) is 0 Å². The molecule has 1 rings (SSSR count). The van der Waals surface area contributed by atoms with Crippen molar-refractivity contribution >= 4 is 0 Å². The number of nitrogens with zero attached hydrogens (tertiary/aromatic N) is 1. The molecule has 0 fully saturated rings. The molecule has 0 saturated carbocycles. The zero-order valence-electron chi connectivity index (χ0n) is 8.23. The number of hydrogen-bond acceptors (Lipinski definition) is 3. The Balaban J connectivity index is 2.71. The average Bonchev–Trinajstić information content (AvgIpc) is 2.26. The maximum Gasteiger partial charge on any atom is 0.184 e. The lowest BCUT2D eigenvalue weighted by atomic mass is 10.2.